The number of nitrogens with zero attached hydrogens (tertiary/aromatic N) is 2. The van der Waals surface area contributed by atoms with Crippen LogP contribution in [-0.4, -0.2) is 22.0 Å². The lowest BCUT2D eigenvalue weighted by Crippen LogP contribution is -2.34. The zero-order chi connectivity index (χ0) is 15.1. The van der Waals surface area contributed by atoms with Crippen LogP contribution in [0.2, 0.25) is 0 Å². The zero-order valence-corrected chi connectivity index (χ0v) is 12.1. The van der Waals surface area contributed by atoms with E-state index in [0.717, 1.165) is 11.4 Å². The Morgan fingerprint density at radius 3 is 2.71 bits per heavy atom. The van der Waals surface area contributed by atoms with Crippen LogP contribution in [-0.2, 0) is 6.54 Å². The number of carbonyl (C=O) groups excluding carboxylic acids is 1. The maximum absolute atomic E-state index is 11.5. The van der Waals surface area contributed by atoms with Crippen molar-refractivity contribution in [3.63, 3.8) is 0 Å². The summed E-state index contributed by atoms with van der Waals surface area (Å²) in [6.07, 6.45) is 5.16. The van der Waals surface area contributed by atoms with E-state index in [2.05, 4.69) is 25.9 Å². The molecule has 0 aromatic carbocycles. The summed E-state index contributed by atoms with van der Waals surface area (Å²) in [6, 6.07) is 7.37. The first-order chi connectivity index (χ1) is 10.1. The van der Waals surface area contributed by atoms with Gasteiger partial charge in [0, 0.05) is 25.0 Å². The minimum Gasteiger partial charge on any atom is -0.366 e. The standard InChI is InChI=1S/C15H19N5O/c1-11(2)19-15(21)20-13-5-6-14(18-10-13)17-9-12-4-3-7-16-8-12/h3-8,10-11H,9H2,1-2H3,(H,17,18)(H2,19,20,21). The Balaban J connectivity index is 1.86. The van der Waals surface area contributed by atoms with Crippen molar-refractivity contribution in [3.8, 4) is 0 Å². The van der Waals surface area contributed by atoms with E-state index in [9.17, 15) is 4.79 Å². The first-order valence-electron chi connectivity index (χ1n) is 6.80. The summed E-state index contributed by atoms with van der Waals surface area (Å²) in [5.41, 5.74) is 1.73. The topological polar surface area (TPSA) is 78.9 Å². The van der Waals surface area contributed by atoms with Crippen molar-refractivity contribution in [1.29, 1.82) is 0 Å². The molecule has 0 atom stereocenters. The molecule has 21 heavy (non-hydrogen) atoms. The van der Waals surface area contributed by atoms with E-state index in [-0.39, 0.29) is 12.1 Å². The molecule has 0 radical (unpaired) electrons. The molecule has 0 aliphatic carbocycles. The van der Waals surface area contributed by atoms with Gasteiger partial charge >= 0.3 is 6.03 Å². The molecule has 0 aliphatic heterocycles. The van der Waals surface area contributed by atoms with Crippen LogP contribution in [0.15, 0.2) is 42.9 Å². The largest absolute Gasteiger partial charge is 0.366 e. The lowest BCUT2D eigenvalue weighted by molar-refractivity contribution is 0.250. The molecule has 6 nitrogen and oxygen atoms in total. The fourth-order valence-corrected chi connectivity index (χ4v) is 1.70. The van der Waals surface area contributed by atoms with Gasteiger partial charge in [-0.15, -0.1) is 0 Å². The number of anilines is 2. The average Bonchev–Trinajstić information content (AvgIpc) is 2.47. The highest BCUT2D eigenvalue weighted by Gasteiger charge is 2.03. The molecule has 110 valence electrons. The molecule has 6 heteroatoms. The molecule has 0 unspecified atom stereocenters. The van der Waals surface area contributed by atoms with Gasteiger partial charge in [0.25, 0.3) is 0 Å². The second-order valence-corrected chi connectivity index (χ2v) is 4.90. The first kappa shape index (κ1) is 14.8. The summed E-state index contributed by atoms with van der Waals surface area (Å²) in [5.74, 6) is 0.744. The number of aromatic nitrogens is 2. The fourth-order valence-electron chi connectivity index (χ4n) is 1.70. The van der Waals surface area contributed by atoms with E-state index in [0.29, 0.717) is 12.2 Å². The average molecular weight is 285 g/mol. The maximum Gasteiger partial charge on any atom is 0.319 e. The van der Waals surface area contributed by atoms with Crippen molar-refractivity contribution in [1.82, 2.24) is 15.3 Å². The molecular weight excluding hydrogens is 266 g/mol. The third-order valence-electron chi connectivity index (χ3n) is 2.64. The summed E-state index contributed by atoms with van der Waals surface area (Å²) in [7, 11) is 0. The van der Waals surface area contributed by atoms with Crippen molar-refractivity contribution in [2.75, 3.05) is 10.6 Å². The van der Waals surface area contributed by atoms with Crippen LogP contribution in [0.5, 0.6) is 0 Å². The molecule has 3 N–H and O–H groups in total. The third-order valence-corrected chi connectivity index (χ3v) is 2.64. The van der Waals surface area contributed by atoms with Crippen molar-refractivity contribution >= 4 is 17.5 Å². The summed E-state index contributed by atoms with van der Waals surface area (Å²) >= 11 is 0. The molecule has 2 heterocycles. The van der Waals surface area contributed by atoms with Gasteiger partial charge in [0.1, 0.15) is 5.82 Å². The molecule has 0 aliphatic rings. The number of nitrogens with one attached hydrogen (secondary N) is 3. The minimum atomic E-state index is -0.233. The quantitative estimate of drug-likeness (QED) is 0.789. The zero-order valence-electron chi connectivity index (χ0n) is 12.1. The summed E-state index contributed by atoms with van der Waals surface area (Å²) < 4.78 is 0. The van der Waals surface area contributed by atoms with Crippen molar-refractivity contribution in [2.45, 2.75) is 26.4 Å². The molecule has 2 amide bonds. The number of carbonyl (C=O) groups is 1. The fraction of sp³-hybridized carbons (Fsp3) is 0.267. The number of pyridine rings is 2. The Morgan fingerprint density at radius 1 is 1.24 bits per heavy atom. The van der Waals surface area contributed by atoms with Gasteiger partial charge in [0.15, 0.2) is 0 Å². The highest BCUT2D eigenvalue weighted by molar-refractivity contribution is 5.89. The van der Waals surface area contributed by atoms with Crippen LogP contribution in [0, 0.1) is 0 Å². The summed E-state index contributed by atoms with van der Waals surface area (Å²) in [6.45, 7) is 4.47. The van der Waals surface area contributed by atoms with Gasteiger partial charge in [-0.05, 0) is 37.6 Å². The van der Waals surface area contributed by atoms with Crippen LogP contribution in [0.25, 0.3) is 0 Å². The minimum absolute atomic E-state index is 0.0957. The van der Waals surface area contributed by atoms with Crippen LogP contribution >= 0.6 is 0 Å². The van der Waals surface area contributed by atoms with E-state index in [1.54, 1.807) is 24.7 Å². The van der Waals surface area contributed by atoms with Crippen molar-refractivity contribution in [3.05, 3.63) is 48.4 Å². The van der Waals surface area contributed by atoms with Gasteiger partial charge in [-0.25, -0.2) is 9.78 Å². The number of hydrogen-bond donors (Lipinski definition) is 3. The van der Waals surface area contributed by atoms with Crippen LogP contribution in [0.4, 0.5) is 16.3 Å². The number of amides is 2. The SMILES string of the molecule is CC(C)NC(=O)Nc1ccc(NCc2cccnc2)nc1. The van der Waals surface area contributed by atoms with Gasteiger partial charge in [-0.2, -0.15) is 0 Å². The number of urea groups is 1. The number of rotatable bonds is 5. The van der Waals surface area contributed by atoms with E-state index in [1.807, 2.05) is 32.0 Å². The lowest BCUT2D eigenvalue weighted by atomic mass is 10.3. The second-order valence-electron chi connectivity index (χ2n) is 4.90. The van der Waals surface area contributed by atoms with Crippen LogP contribution in [0.3, 0.4) is 0 Å². The van der Waals surface area contributed by atoms with Gasteiger partial charge in [-0.1, -0.05) is 6.07 Å². The molecule has 2 rings (SSSR count). The molecule has 0 bridgehead atoms. The van der Waals surface area contributed by atoms with Crippen molar-refractivity contribution in [2.24, 2.45) is 0 Å². The maximum atomic E-state index is 11.5. The summed E-state index contributed by atoms with van der Waals surface area (Å²) in [5, 5.41) is 8.67. The van der Waals surface area contributed by atoms with Gasteiger partial charge < -0.3 is 16.0 Å². The molecule has 0 spiro atoms. The van der Waals surface area contributed by atoms with E-state index < -0.39 is 0 Å². The van der Waals surface area contributed by atoms with Crippen LogP contribution in [0.1, 0.15) is 19.4 Å². The van der Waals surface area contributed by atoms with E-state index in [1.165, 1.54) is 0 Å². The lowest BCUT2D eigenvalue weighted by Gasteiger charge is -2.10. The molecule has 0 saturated heterocycles. The normalized spacial score (nSPS) is 10.2. The monoisotopic (exact) mass is 285 g/mol. The van der Waals surface area contributed by atoms with Gasteiger partial charge in [-0.3, -0.25) is 4.98 Å². The Labute approximate surface area is 124 Å². The summed E-state index contributed by atoms with van der Waals surface area (Å²) in [4.78, 5) is 19.9. The highest BCUT2D eigenvalue weighted by Crippen LogP contribution is 2.10. The Bertz CT molecular complexity index is 568. The van der Waals surface area contributed by atoms with E-state index in [4.69, 9.17) is 0 Å². The highest BCUT2D eigenvalue weighted by atomic mass is 16.2. The molecule has 0 saturated carbocycles. The predicted molar refractivity (Wildman–Crippen MR) is 83.1 cm³/mol. The second kappa shape index (κ2) is 7.23. The Kier molecular flexibility index (Phi) is 5.09. The van der Waals surface area contributed by atoms with Crippen molar-refractivity contribution < 1.29 is 4.79 Å². The predicted octanol–water partition coefficient (Wildman–Crippen LogP) is 2.62. The Hall–Kier alpha value is -2.63. The van der Waals surface area contributed by atoms with E-state index >= 15 is 0 Å². The number of hydrogen-bond acceptors (Lipinski definition) is 4. The third kappa shape index (κ3) is 5.10. The molecule has 2 aromatic heterocycles. The van der Waals surface area contributed by atoms with Gasteiger partial charge in [0.2, 0.25) is 0 Å². The molecule has 0 fully saturated rings. The Morgan fingerprint density at radius 2 is 2.10 bits per heavy atom. The smallest absolute Gasteiger partial charge is 0.319 e. The van der Waals surface area contributed by atoms with Crippen LogP contribution < -0.4 is 16.0 Å². The van der Waals surface area contributed by atoms with Gasteiger partial charge in [0.05, 0.1) is 11.9 Å². The molecular formula is C15H19N5O. The molecule has 2 aromatic rings. The first-order valence-corrected chi connectivity index (χ1v) is 6.80.